The second-order valence-corrected chi connectivity index (χ2v) is 8.92. The van der Waals surface area contributed by atoms with Crippen molar-refractivity contribution in [3.05, 3.63) is 66.0 Å². The molecule has 2 amide bonds. The molecule has 7 heteroatoms. The fourth-order valence-electron chi connectivity index (χ4n) is 3.66. The number of carbonyl (C=O) groups is 2. The summed E-state index contributed by atoms with van der Waals surface area (Å²) in [6, 6.07) is 17.3. The number of para-hydroxylation sites is 2. The highest BCUT2D eigenvalue weighted by atomic mass is 32.2. The highest BCUT2D eigenvalue weighted by Crippen LogP contribution is 2.28. The maximum atomic E-state index is 12.6. The van der Waals surface area contributed by atoms with Crippen LogP contribution in [0.5, 0.6) is 0 Å². The van der Waals surface area contributed by atoms with E-state index in [-0.39, 0.29) is 23.1 Å². The van der Waals surface area contributed by atoms with E-state index in [1.54, 1.807) is 11.8 Å². The number of rotatable bonds is 6. The van der Waals surface area contributed by atoms with Crippen LogP contribution < -0.4 is 5.32 Å². The molecule has 0 saturated carbocycles. The molecule has 30 heavy (non-hydrogen) atoms. The number of aromatic nitrogens is 2. The van der Waals surface area contributed by atoms with Crippen molar-refractivity contribution in [2.45, 2.75) is 31.1 Å². The molecule has 1 aliphatic heterocycles. The number of hydrogen-bond donors (Lipinski definition) is 2. The number of aromatic amines is 1. The lowest BCUT2D eigenvalue weighted by atomic mass is 10.0. The molecule has 1 saturated heterocycles. The standard InChI is InChI=1S/C23H26N4O2S/c1-16(22-25-19-9-5-6-10-20(19)26-22)30-15-21(28)27-13-11-18(12-14-27)24-23(29)17-7-3-2-4-8-17/h2-10,16,18H,11-15H2,1H3,(H,24,29)(H,25,26)/t16-/m1/s1. The number of thioether (sulfide) groups is 1. The largest absolute Gasteiger partial charge is 0.349 e. The monoisotopic (exact) mass is 422 g/mol. The van der Waals surface area contributed by atoms with Crippen molar-refractivity contribution in [3.63, 3.8) is 0 Å². The molecule has 0 unspecified atom stereocenters. The first-order valence-electron chi connectivity index (χ1n) is 10.3. The second kappa shape index (κ2) is 9.34. The molecule has 0 aliphatic carbocycles. The second-order valence-electron chi connectivity index (χ2n) is 7.59. The van der Waals surface area contributed by atoms with Gasteiger partial charge in [-0.2, -0.15) is 0 Å². The summed E-state index contributed by atoms with van der Waals surface area (Å²) in [6.45, 7) is 3.43. The molecule has 1 fully saturated rings. The number of nitrogens with one attached hydrogen (secondary N) is 2. The van der Waals surface area contributed by atoms with Crippen molar-refractivity contribution >= 4 is 34.6 Å². The lowest BCUT2D eigenvalue weighted by molar-refractivity contribution is -0.129. The van der Waals surface area contributed by atoms with E-state index in [0.29, 0.717) is 24.4 Å². The zero-order valence-corrected chi connectivity index (χ0v) is 17.8. The zero-order chi connectivity index (χ0) is 20.9. The SMILES string of the molecule is C[C@@H](SCC(=O)N1CCC(NC(=O)c2ccccc2)CC1)c1nc2ccccc2[nH]1. The molecule has 2 N–H and O–H groups in total. The van der Waals surface area contributed by atoms with Crippen molar-refractivity contribution in [2.24, 2.45) is 0 Å². The van der Waals surface area contributed by atoms with Crippen LogP contribution in [0.2, 0.25) is 0 Å². The predicted molar refractivity (Wildman–Crippen MR) is 120 cm³/mol. The summed E-state index contributed by atoms with van der Waals surface area (Å²) in [4.78, 5) is 34.8. The number of hydrogen-bond acceptors (Lipinski definition) is 4. The minimum Gasteiger partial charge on any atom is -0.349 e. The highest BCUT2D eigenvalue weighted by molar-refractivity contribution is 8.00. The van der Waals surface area contributed by atoms with Crippen LogP contribution in [0.4, 0.5) is 0 Å². The van der Waals surface area contributed by atoms with Crippen LogP contribution in [0.3, 0.4) is 0 Å². The van der Waals surface area contributed by atoms with Crippen LogP contribution in [0.15, 0.2) is 54.6 Å². The van der Waals surface area contributed by atoms with Gasteiger partial charge in [-0.1, -0.05) is 30.3 Å². The first kappa shape index (κ1) is 20.5. The van der Waals surface area contributed by atoms with E-state index >= 15 is 0 Å². The van der Waals surface area contributed by atoms with Gasteiger partial charge < -0.3 is 15.2 Å². The van der Waals surface area contributed by atoms with Crippen LogP contribution in [-0.4, -0.2) is 51.6 Å². The van der Waals surface area contributed by atoms with E-state index in [9.17, 15) is 9.59 Å². The molecule has 2 aromatic carbocycles. The first-order valence-corrected chi connectivity index (χ1v) is 11.3. The molecule has 0 radical (unpaired) electrons. The van der Waals surface area contributed by atoms with Crippen molar-refractivity contribution < 1.29 is 9.59 Å². The van der Waals surface area contributed by atoms with Gasteiger partial charge in [0.2, 0.25) is 5.91 Å². The number of imidazole rings is 1. The fourth-order valence-corrected chi connectivity index (χ4v) is 4.51. The van der Waals surface area contributed by atoms with Crippen LogP contribution in [0, 0.1) is 0 Å². The Hall–Kier alpha value is -2.80. The Kier molecular flexibility index (Phi) is 6.38. The number of nitrogens with zero attached hydrogens (tertiary/aromatic N) is 2. The molecule has 1 aromatic heterocycles. The topological polar surface area (TPSA) is 78.1 Å². The molecule has 1 atom stereocenters. The maximum absolute atomic E-state index is 12.6. The van der Waals surface area contributed by atoms with Gasteiger partial charge in [-0.3, -0.25) is 9.59 Å². The molecule has 0 bridgehead atoms. The van der Waals surface area contributed by atoms with Crippen LogP contribution in [0.1, 0.15) is 41.2 Å². The van der Waals surface area contributed by atoms with Crippen LogP contribution in [-0.2, 0) is 4.79 Å². The molecule has 3 aromatic rings. The lowest BCUT2D eigenvalue weighted by Gasteiger charge is -2.32. The number of fused-ring (bicyclic) bond motifs is 1. The van der Waals surface area contributed by atoms with Crippen molar-refractivity contribution in [2.75, 3.05) is 18.8 Å². The van der Waals surface area contributed by atoms with Gasteiger partial charge in [0.15, 0.2) is 0 Å². The number of H-pyrrole nitrogens is 1. The summed E-state index contributed by atoms with van der Waals surface area (Å²) in [5.74, 6) is 1.43. The summed E-state index contributed by atoms with van der Waals surface area (Å²) in [7, 11) is 0. The van der Waals surface area contributed by atoms with Crippen molar-refractivity contribution in [1.29, 1.82) is 0 Å². The smallest absolute Gasteiger partial charge is 0.251 e. The molecule has 1 aliphatic rings. The average Bonchev–Trinajstić information content (AvgIpc) is 3.23. The molecule has 156 valence electrons. The molecule has 6 nitrogen and oxygen atoms in total. The van der Waals surface area contributed by atoms with Gasteiger partial charge in [0, 0.05) is 24.7 Å². The Morgan fingerprint density at radius 2 is 1.83 bits per heavy atom. The molecular weight excluding hydrogens is 396 g/mol. The fraction of sp³-hybridized carbons (Fsp3) is 0.348. The predicted octanol–water partition coefficient (Wildman–Crippen LogP) is 3.78. The lowest BCUT2D eigenvalue weighted by Crippen LogP contribution is -2.47. The van der Waals surface area contributed by atoms with E-state index < -0.39 is 0 Å². The van der Waals surface area contributed by atoms with Crippen molar-refractivity contribution in [1.82, 2.24) is 20.2 Å². The summed E-state index contributed by atoms with van der Waals surface area (Å²) in [5.41, 5.74) is 2.64. The Morgan fingerprint density at radius 3 is 2.57 bits per heavy atom. The Balaban J connectivity index is 1.23. The summed E-state index contributed by atoms with van der Waals surface area (Å²) >= 11 is 1.60. The maximum Gasteiger partial charge on any atom is 0.251 e. The van der Waals surface area contributed by atoms with Crippen LogP contribution >= 0.6 is 11.8 Å². The average molecular weight is 423 g/mol. The minimum atomic E-state index is -0.0457. The quantitative estimate of drug-likeness (QED) is 0.634. The number of likely N-dealkylation sites (tertiary alicyclic amines) is 1. The van der Waals surface area contributed by atoms with E-state index in [1.165, 1.54) is 0 Å². The number of piperidine rings is 1. The Labute approximate surface area is 180 Å². The first-order chi connectivity index (χ1) is 14.6. The Morgan fingerprint density at radius 1 is 1.13 bits per heavy atom. The summed E-state index contributed by atoms with van der Waals surface area (Å²) < 4.78 is 0. The molecular formula is C23H26N4O2S. The van der Waals surface area contributed by atoms with Crippen LogP contribution in [0.25, 0.3) is 11.0 Å². The number of carbonyl (C=O) groups excluding carboxylic acids is 2. The summed E-state index contributed by atoms with van der Waals surface area (Å²) in [6.07, 6.45) is 1.57. The minimum absolute atomic E-state index is 0.0457. The third kappa shape index (κ3) is 4.84. The van der Waals surface area contributed by atoms with E-state index in [2.05, 4.69) is 22.2 Å². The van der Waals surface area contributed by atoms with Crippen molar-refractivity contribution in [3.8, 4) is 0 Å². The number of benzene rings is 2. The number of amides is 2. The van der Waals surface area contributed by atoms with E-state index in [4.69, 9.17) is 0 Å². The van der Waals surface area contributed by atoms with Gasteiger partial charge >= 0.3 is 0 Å². The van der Waals surface area contributed by atoms with E-state index in [1.807, 2.05) is 59.5 Å². The Bertz CT molecular complexity index is 979. The molecule has 4 rings (SSSR count). The van der Waals surface area contributed by atoms with Gasteiger partial charge in [-0.15, -0.1) is 11.8 Å². The van der Waals surface area contributed by atoms with Gasteiger partial charge in [0.25, 0.3) is 5.91 Å². The highest BCUT2D eigenvalue weighted by Gasteiger charge is 2.24. The van der Waals surface area contributed by atoms with E-state index in [0.717, 1.165) is 29.7 Å². The zero-order valence-electron chi connectivity index (χ0n) is 17.0. The van der Waals surface area contributed by atoms with Gasteiger partial charge in [0.1, 0.15) is 5.82 Å². The molecule has 2 heterocycles. The van der Waals surface area contributed by atoms with Gasteiger partial charge in [-0.25, -0.2) is 4.98 Å². The normalized spacial score (nSPS) is 15.8. The molecule has 0 spiro atoms. The third-order valence-corrected chi connectivity index (χ3v) is 6.61. The third-order valence-electron chi connectivity index (χ3n) is 5.47. The van der Waals surface area contributed by atoms with Gasteiger partial charge in [0.05, 0.1) is 22.0 Å². The van der Waals surface area contributed by atoms with Gasteiger partial charge in [-0.05, 0) is 44.0 Å². The summed E-state index contributed by atoms with van der Waals surface area (Å²) in [5, 5.41) is 3.20.